The van der Waals surface area contributed by atoms with Gasteiger partial charge in [0.2, 0.25) is 0 Å². The maximum Gasteiger partial charge on any atom is 0.148 e. The van der Waals surface area contributed by atoms with Crippen LogP contribution in [-0.4, -0.2) is 14.5 Å². The van der Waals surface area contributed by atoms with Crippen molar-refractivity contribution >= 4 is 16.7 Å². The Labute approximate surface area is 105 Å². The van der Waals surface area contributed by atoms with Crippen molar-refractivity contribution in [1.82, 2.24) is 14.5 Å². The zero-order valence-electron chi connectivity index (χ0n) is 10.4. The van der Waals surface area contributed by atoms with Gasteiger partial charge in [0.05, 0.1) is 0 Å². The van der Waals surface area contributed by atoms with Crippen molar-refractivity contribution in [2.24, 2.45) is 0 Å². The largest absolute Gasteiger partial charge is 0.398 e. The number of aromatic nitrogens is 3. The van der Waals surface area contributed by atoms with E-state index in [2.05, 4.69) is 23.8 Å². The molecule has 3 aromatic heterocycles. The van der Waals surface area contributed by atoms with Gasteiger partial charge in [0.25, 0.3) is 0 Å². The molecule has 0 aliphatic carbocycles. The number of rotatable bonds is 1. The molecule has 4 nitrogen and oxygen atoms in total. The lowest BCUT2D eigenvalue weighted by molar-refractivity contribution is 0.969. The van der Waals surface area contributed by atoms with Gasteiger partial charge >= 0.3 is 0 Å². The molecule has 0 aromatic carbocycles. The summed E-state index contributed by atoms with van der Waals surface area (Å²) in [4.78, 5) is 8.83. The number of hydrogen-bond donors (Lipinski definition) is 1. The van der Waals surface area contributed by atoms with Crippen molar-refractivity contribution in [3.63, 3.8) is 0 Å². The molecule has 3 aromatic rings. The van der Waals surface area contributed by atoms with E-state index < -0.39 is 0 Å². The van der Waals surface area contributed by atoms with Gasteiger partial charge in [-0.3, -0.25) is 4.57 Å². The van der Waals surface area contributed by atoms with Gasteiger partial charge in [-0.25, -0.2) is 9.97 Å². The lowest BCUT2D eigenvalue weighted by Crippen LogP contribution is -2.00. The molecule has 90 valence electrons. The van der Waals surface area contributed by atoms with E-state index >= 15 is 0 Å². The molecule has 2 N–H and O–H groups in total. The Bertz CT molecular complexity index is 713. The minimum absolute atomic E-state index is 0.760. The fourth-order valence-corrected chi connectivity index (χ4v) is 2.29. The van der Waals surface area contributed by atoms with Gasteiger partial charge in [0.15, 0.2) is 0 Å². The van der Waals surface area contributed by atoms with E-state index in [0.29, 0.717) is 0 Å². The Kier molecular flexibility index (Phi) is 2.30. The van der Waals surface area contributed by atoms with Gasteiger partial charge in [-0.05, 0) is 37.6 Å². The molecule has 0 unspecified atom stereocenters. The number of anilines is 1. The SMILES string of the molecule is Cc1c(C)n(-c2ccccn2)c2nccc(N)c12. The Morgan fingerprint density at radius 3 is 2.61 bits per heavy atom. The van der Waals surface area contributed by atoms with E-state index in [0.717, 1.165) is 33.8 Å². The summed E-state index contributed by atoms with van der Waals surface area (Å²) in [5.41, 5.74) is 9.94. The molecule has 0 saturated heterocycles. The number of nitrogen functional groups attached to an aromatic ring is 1. The van der Waals surface area contributed by atoms with Gasteiger partial charge < -0.3 is 5.73 Å². The molecule has 4 heteroatoms. The first-order chi connectivity index (χ1) is 8.70. The monoisotopic (exact) mass is 238 g/mol. The second-order valence-electron chi connectivity index (χ2n) is 4.33. The van der Waals surface area contributed by atoms with E-state index in [4.69, 9.17) is 5.73 Å². The van der Waals surface area contributed by atoms with Gasteiger partial charge in [0, 0.05) is 29.2 Å². The molecule has 0 aliphatic rings. The number of fused-ring (bicyclic) bond motifs is 1. The molecule has 0 radical (unpaired) electrons. The molecule has 18 heavy (non-hydrogen) atoms. The number of hydrogen-bond acceptors (Lipinski definition) is 3. The zero-order chi connectivity index (χ0) is 12.7. The van der Waals surface area contributed by atoms with E-state index in [1.165, 1.54) is 0 Å². The van der Waals surface area contributed by atoms with Gasteiger partial charge in [0.1, 0.15) is 11.5 Å². The number of aryl methyl sites for hydroxylation is 1. The van der Waals surface area contributed by atoms with E-state index in [1.54, 1.807) is 12.4 Å². The van der Waals surface area contributed by atoms with Crippen molar-refractivity contribution < 1.29 is 0 Å². The van der Waals surface area contributed by atoms with E-state index in [9.17, 15) is 0 Å². The maximum absolute atomic E-state index is 6.04. The normalized spacial score (nSPS) is 11.0. The second-order valence-corrected chi connectivity index (χ2v) is 4.33. The number of nitrogens with two attached hydrogens (primary N) is 1. The highest BCUT2D eigenvalue weighted by Crippen LogP contribution is 2.29. The van der Waals surface area contributed by atoms with Crippen molar-refractivity contribution in [3.05, 3.63) is 47.9 Å². The first kappa shape index (κ1) is 10.8. The van der Waals surface area contributed by atoms with E-state index in [1.807, 2.05) is 28.8 Å². The van der Waals surface area contributed by atoms with Crippen LogP contribution in [0.1, 0.15) is 11.3 Å². The fraction of sp³-hybridized carbons (Fsp3) is 0.143. The summed E-state index contributed by atoms with van der Waals surface area (Å²) in [6.45, 7) is 4.13. The average molecular weight is 238 g/mol. The van der Waals surface area contributed by atoms with Crippen LogP contribution in [0.4, 0.5) is 5.69 Å². The third-order valence-electron chi connectivity index (χ3n) is 3.31. The second kappa shape index (κ2) is 3.84. The Balaban J connectivity index is 2.44. The summed E-state index contributed by atoms with van der Waals surface area (Å²) in [5.74, 6) is 0.867. The molecule has 0 atom stereocenters. The van der Waals surface area contributed by atoms with E-state index in [-0.39, 0.29) is 0 Å². The Morgan fingerprint density at radius 2 is 1.89 bits per heavy atom. The minimum atomic E-state index is 0.760. The van der Waals surface area contributed by atoms with Crippen LogP contribution in [0.3, 0.4) is 0 Å². The summed E-state index contributed by atoms with van der Waals surface area (Å²) in [6, 6.07) is 7.67. The van der Waals surface area contributed by atoms with Crippen LogP contribution in [0.5, 0.6) is 0 Å². The molecule has 0 aliphatic heterocycles. The van der Waals surface area contributed by atoms with Gasteiger partial charge in [-0.15, -0.1) is 0 Å². The molecule has 3 rings (SSSR count). The topological polar surface area (TPSA) is 56.7 Å². The molecular formula is C14H14N4. The predicted molar refractivity (Wildman–Crippen MR) is 72.8 cm³/mol. The highest BCUT2D eigenvalue weighted by molar-refractivity contribution is 5.93. The van der Waals surface area contributed by atoms with Crippen LogP contribution in [0.25, 0.3) is 16.9 Å². The summed E-state index contributed by atoms with van der Waals surface area (Å²) < 4.78 is 2.04. The lowest BCUT2D eigenvalue weighted by atomic mass is 10.2. The quantitative estimate of drug-likeness (QED) is 0.709. The van der Waals surface area contributed by atoms with Crippen LogP contribution < -0.4 is 5.73 Å². The van der Waals surface area contributed by atoms with Crippen LogP contribution in [0.2, 0.25) is 0 Å². The first-order valence-electron chi connectivity index (χ1n) is 5.83. The van der Waals surface area contributed by atoms with Crippen LogP contribution >= 0.6 is 0 Å². The zero-order valence-corrected chi connectivity index (χ0v) is 10.4. The summed E-state index contributed by atoms with van der Waals surface area (Å²) in [7, 11) is 0. The standard InChI is InChI=1S/C14H14N4/c1-9-10(2)18(12-5-3-4-7-16-12)14-13(9)11(15)6-8-17-14/h3-8H,1-2H3,(H2,15,17). The van der Waals surface area contributed by atoms with Crippen molar-refractivity contribution in [2.45, 2.75) is 13.8 Å². The average Bonchev–Trinajstić information content (AvgIpc) is 2.64. The third-order valence-corrected chi connectivity index (χ3v) is 3.31. The maximum atomic E-state index is 6.04. The molecule has 0 bridgehead atoms. The molecule has 0 fully saturated rings. The summed E-state index contributed by atoms with van der Waals surface area (Å²) in [5, 5.41) is 1.01. The van der Waals surface area contributed by atoms with Crippen molar-refractivity contribution in [2.75, 3.05) is 5.73 Å². The minimum Gasteiger partial charge on any atom is -0.398 e. The van der Waals surface area contributed by atoms with Crippen molar-refractivity contribution in [1.29, 1.82) is 0 Å². The Morgan fingerprint density at radius 1 is 1.06 bits per heavy atom. The smallest absolute Gasteiger partial charge is 0.148 e. The van der Waals surface area contributed by atoms with Gasteiger partial charge in [-0.2, -0.15) is 0 Å². The fourth-order valence-electron chi connectivity index (χ4n) is 2.29. The highest BCUT2D eigenvalue weighted by Gasteiger charge is 2.15. The van der Waals surface area contributed by atoms with Crippen LogP contribution in [0, 0.1) is 13.8 Å². The highest BCUT2D eigenvalue weighted by atomic mass is 15.1. The molecule has 0 saturated carbocycles. The number of pyridine rings is 2. The lowest BCUT2D eigenvalue weighted by Gasteiger charge is -2.06. The predicted octanol–water partition coefficient (Wildman–Crippen LogP) is 2.62. The Hall–Kier alpha value is -2.36. The molecule has 3 heterocycles. The van der Waals surface area contributed by atoms with Crippen LogP contribution in [-0.2, 0) is 0 Å². The first-order valence-corrected chi connectivity index (χ1v) is 5.83. The van der Waals surface area contributed by atoms with Crippen LogP contribution in [0.15, 0.2) is 36.7 Å². The van der Waals surface area contributed by atoms with Crippen molar-refractivity contribution in [3.8, 4) is 5.82 Å². The number of nitrogens with zero attached hydrogens (tertiary/aromatic N) is 3. The summed E-state index contributed by atoms with van der Waals surface area (Å²) >= 11 is 0. The molecule has 0 spiro atoms. The molecule has 0 amide bonds. The molecular weight excluding hydrogens is 224 g/mol. The summed E-state index contributed by atoms with van der Waals surface area (Å²) in [6.07, 6.45) is 3.51. The van der Waals surface area contributed by atoms with Gasteiger partial charge in [-0.1, -0.05) is 6.07 Å². The third kappa shape index (κ3) is 1.39.